The van der Waals surface area contributed by atoms with Crippen LogP contribution in [0.5, 0.6) is 0 Å². The molecule has 0 fully saturated rings. The van der Waals surface area contributed by atoms with Gasteiger partial charge in [0.05, 0.1) is 18.5 Å². The van der Waals surface area contributed by atoms with Crippen molar-refractivity contribution in [3.63, 3.8) is 0 Å². The normalized spacial score (nSPS) is 11.4. The summed E-state index contributed by atoms with van der Waals surface area (Å²) in [7, 11) is 0. The van der Waals surface area contributed by atoms with Crippen LogP contribution in [0, 0.1) is 5.41 Å². The summed E-state index contributed by atoms with van der Waals surface area (Å²) >= 11 is 14.8. The van der Waals surface area contributed by atoms with Gasteiger partial charge in [0, 0.05) is 21.2 Å². The summed E-state index contributed by atoms with van der Waals surface area (Å²) in [4.78, 5) is 0. The highest BCUT2D eigenvalue weighted by Gasteiger charge is 2.13. The maximum Gasteiger partial charge on any atom is 0.146 e. The third-order valence-corrected chi connectivity index (χ3v) is 3.33. The zero-order valence-corrected chi connectivity index (χ0v) is 12.3. The monoisotopic (exact) mass is 309 g/mol. The molecule has 0 unspecified atom stereocenters. The van der Waals surface area contributed by atoms with Crippen molar-refractivity contribution in [2.24, 2.45) is 4.40 Å². The molecule has 0 saturated heterocycles. The van der Waals surface area contributed by atoms with Gasteiger partial charge in [0.15, 0.2) is 0 Å². The fraction of sp³-hybridized carbons (Fsp3) is 0. The van der Waals surface area contributed by atoms with Crippen LogP contribution in [0.2, 0.25) is 10.0 Å². The van der Waals surface area contributed by atoms with Gasteiger partial charge in [-0.2, -0.15) is 0 Å². The minimum absolute atomic E-state index is 0.314. The highest BCUT2D eigenvalue weighted by Crippen LogP contribution is 2.15. The van der Waals surface area contributed by atoms with Crippen LogP contribution < -0.4 is 0 Å². The van der Waals surface area contributed by atoms with Gasteiger partial charge in [-0.25, -0.2) is 0 Å². The van der Waals surface area contributed by atoms with E-state index in [1.165, 1.54) is 0 Å². The average Bonchev–Trinajstić information content (AvgIpc) is 2.42. The van der Waals surface area contributed by atoms with Crippen LogP contribution in [0.1, 0.15) is 11.1 Å². The number of hydrogen-bond donors (Lipinski definition) is 1. The fourth-order valence-electron chi connectivity index (χ4n) is 1.63. The van der Waals surface area contributed by atoms with Gasteiger partial charge < -0.3 is 0 Å². The Labute approximate surface area is 127 Å². The van der Waals surface area contributed by atoms with Crippen LogP contribution in [0.15, 0.2) is 52.9 Å². The number of benzene rings is 2. The van der Waals surface area contributed by atoms with Crippen molar-refractivity contribution >= 4 is 47.4 Å². The summed E-state index contributed by atoms with van der Waals surface area (Å²) < 4.78 is 4.01. The molecule has 0 amide bonds. The quantitative estimate of drug-likeness (QED) is 0.662. The van der Waals surface area contributed by atoms with Gasteiger partial charge >= 0.3 is 0 Å². The molecule has 96 valence electrons. The van der Waals surface area contributed by atoms with Gasteiger partial charge in [0.1, 0.15) is 5.71 Å². The zero-order valence-electron chi connectivity index (χ0n) is 9.82. The molecule has 1 N–H and O–H groups in total. The number of halogens is 2. The van der Waals surface area contributed by atoms with Crippen molar-refractivity contribution in [2.45, 2.75) is 0 Å². The molecule has 0 radical (unpaired) electrons. The van der Waals surface area contributed by atoms with E-state index >= 15 is 0 Å². The molecule has 2 aromatic carbocycles. The van der Waals surface area contributed by atoms with Gasteiger partial charge in [-0.3, -0.25) is 5.41 Å². The SMILES string of the molecule is N=C(/C(=N\[SH2+])c1ccc(Cl)cc1)c1ccc(Cl)cc1. The molecule has 2 rings (SSSR count). The number of rotatable bonds is 3. The maximum atomic E-state index is 8.21. The summed E-state index contributed by atoms with van der Waals surface area (Å²) in [5.74, 6) is 0. The minimum Gasteiger partial charge on any atom is -0.298 e. The standard InChI is InChI=1S/C14H10Cl2N2S/c15-11-5-1-9(2-6-11)13(17)14(18-19)10-3-7-12(16)8-4-10/h1-8,17,19H/p+1/b17-13?,18-14-. The van der Waals surface area contributed by atoms with E-state index < -0.39 is 0 Å². The Morgan fingerprint density at radius 1 is 0.842 bits per heavy atom. The molecule has 0 aliphatic heterocycles. The molecule has 0 aliphatic carbocycles. The van der Waals surface area contributed by atoms with Gasteiger partial charge in [-0.1, -0.05) is 51.9 Å². The molecule has 0 aromatic heterocycles. The summed E-state index contributed by atoms with van der Waals surface area (Å²) in [5.41, 5.74) is 2.42. The van der Waals surface area contributed by atoms with Crippen molar-refractivity contribution in [3.8, 4) is 0 Å². The first kappa shape index (κ1) is 14.1. The second kappa shape index (κ2) is 6.24. The Morgan fingerprint density at radius 2 is 1.26 bits per heavy atom. The summed E-state index contributed by atoms with van der Waals surface area (Å²) in [6, 6.07) is 14.3. The van der Waals surface area contributed by atoms with E-state index in [-0.39, 0.29) is 0 Å². The molecule has 0 saturated carbocycles. The molecular weight excluding hydrogens is 299 g/mol. The van der Waals surface area contributed by atoms with Gasteiger partial charge in [0.2, 0.25) is 0 Å². The Balaban J connectivity index is 2.35. The summed E-state index contributed by atoms with van der Waals surface area (Å²) in [6.45, 7) is 0. The summed E-state index contributed by atoms with van der Waals surface area (Å²) in [5, 5.41) is 9.50. The van der Waals surface area contributed by atoms with Gasteiger partial charge in [-0.05, 0) is 24.3 Å². The number of nitrogens with zero attached hydrogens (tertiary/aromatic N) is 1. The van der Waals surface area contributed by atoms with Crippen molar-refractivity contribution < 1.29 is 0 Å². The van der Waals surface area contributed by atoms with E-state index in [1.807, 2.05) is 12.1 Å². The first-order chi connectivity index (χ1) is 9.11. The van der Waals surface area contributed by atoms with E-state index in [0.29, 0.717) is 21.5 Å². The van der Waals surface area contributed by atoms with Crippen molar-refractivity contribution in [3.05, 3.63) is 69.7 Å². The van der Waals surface area contributed by atoms with E-state index in [0.717, 1.165) is 11.1 Å². The molecule has 0 bridgehead atoms. The lowest BCUT2D eigenvalue weighted by atomic mass is 10.0. The van der Waals surface area contributed by atoms with Crippen molar-refractivity contribution in [2.75, 3.05) is 0 Å². The lowest BCUT2D eigenvalue weighted by Gasteiger charge is -2.06. The van der Waals surface area contributed by atoms with E-state index in [1.54, 1.807) is 36.4 Å². The fourth-order valence-corrected chi connectivity index (χ4v) is 2.12. The first-order valence-corrected chi connectivity index (χ1v) is 6.67. The molecule has 0 aliphatic rings. The largest absolute Gasteiger partial charge is 0.298 e. The second-order valence-corrected chi connectivity index (χ2v) is 4.95. The predicted octanol–water partition coefficient (Wildman–Crippen LogP) is 3.78. The molecule has 2 nitrogen and oxygen atoms in total. The zero-order chi connectivity index (χ0) is 13.8. The topological polar surface area (TPSA) is 36.2 Å². The maximum absolute atomic E-state index is 8.21. The number of nitrogens with one attached hydrogen (secondary N) is 1. The molecule has 5 heteroatoms. The summed E-state index contributed by atoms with van der Waals surface area (Å²) in [6.07, 6.45) is 0. The minimum atomic E-state index is 0.314. The predicted molar refractivity (Wildman–Crippen MR) is 86.4 cm³/mol. The van der Waals surface area contributed by atoms with E-state index in [2.05, 4.69) is 17.2 Å². The molecule has 0 heterocycles. The molecule has 19 heavy (non-hydrogen) atoms. The first-order valence-electron chi connectivity index (χ1n) is 5.47. The van der Waals surface area contributed by atoms with Crippen molar-refractivity contribution in [1.29, 1.82) is 5.41 Å². The lowest BCUT2D eigenvalue weighted by molar-refractivity contribution is 1.50. The lowest BCUT2D eigenvalue weighted by Crippen LogP contribution is -2.15. The van der Waals surface area contributed by atoms with E-state index in [9.17, 15) is 0 Å². The molecule has 0 atom stereocenters. The Hall–Kier alpha value is -1.29. The third-order valence-electron chi connectivity index (χ3n) is 2.60. The van der Waals surface area contributed by atoms with Gasteiger partial charge in [-0.15, -0.1) is 0 Å². The average molecular weight is 310 g/mol. The van der Waals surface area contributed by atoms with Crippen LogP contribution in [0.4, 0.5) is 0 Å². The third kappa shape index (κ3) is 3.38. The smallest absolute Gasteiger partial charge is 0.146 e. The van der Waals surface area contributed by atoms with E-state index in [4.69, 9.17) is 28.6 Å². The van der Waals surface area contributed by atoms with Crippen LogP contribution in [0.25, 0.3) is 0 Å². The van der Waals surface area contributed by atoms with Crippen LogP contribution >= 0.6 is 23.2 Å². The van der Waals surface area contributed by atoms with Crippen LogP contribution in [0.3, 0.4) is 0 Å². The van der Waals surface area contributed by atoms with Crippen molar-refractivity contribution in [1.82, 2.24) is 0 Å². The Bertz CT molecular complexity index is 619. The van der Waals surface area contributed by atoms with Crippen LogP contribution in [-0.2, 0) is 12.8 Å². The Morgan fingerprint density at radius 3 is 1.68 bits per heavy atom. The van der Waals surface area contributed by atoms with Crippen LogP contribution in [-0.4, -0.2) is 11.4 Å². The molecular formula is C14H11Cl2N2S+. The van der Waals surface area contributed by atoms with Gasteiger partial charge in [0.25, 0.3) is 0 Å². The Kier molecular flexibility index (Phi) is 4.64. The molecule has 0 spiro atoms. The highest BCUT2D eigenvalue weighted by molar-refractivity contribution is 7.57. The number of hydrogen-bond acceptors (Lipinski definition) is 2. The second-order valence-electron chi connectivity index (χ2n) is 3.85. The highest BCUT2D eigenvalue weighted by atomic mass is 35.5. The molecule has 2 aromatic rings.